The molecule has 0 radical (unpaired) electrons. The van der Waals surface area contributed by atoms with Gasteiger partial charge in [-0.15, -0.1) is 0 Å². The molecule has 0 fully saturated rings. The standard InChI is InChI=1S/C20H20ClNO2S/c21-17-10-12-19(13-11-17)25-22(18-4-2-1-3-5-18)14-15-6-8-16(9-7-15)20(23)24/h2,4,6-13,18H,1,3,5,14H2,(H,23,24). The Labute approximate surface area is 157 Å². The maximum absolute atomic E-state index is 11.0. The van der Waals surface area contributed by atoms with Gasteiger partial charge in [0, 0.05) is 22.5 Å². The first-order valence-electron chi connectivity index (χ1n) is 8.31. The van der Waals surface area contributed by atoms with Crippen molar-refractivity contribution in [1.29, 1.82) is 0 Å². The molecule has 25 heavy (non-hydrogen) atoms. The van der Waals surface area contributed by atoms with Gasteiger partial charge in [-0.25, -0.2) is 9.10 Å². The topological polar surface area (TPSA) is 40.5 Å². The van der Waals surface area contributed by atoms with Crippen LogP contribution in [0.25, 0.3) is 0 Å². The Hall–Kier alpha value is -1.75. The summed E-state index contributed by atoms with van der Waals surface area (Å²) in [6.07, 6.45) is 7.99. The quantitative estimate of drug-likeness (QED) is 0.524. The van der Waals surface area contributed by atoms with Crippen LogP contribution in [0.2, 0.25) is 5.02 Å². The van der Waals surface area contributed by atoms with Crippen LogP contribution in [0.4, 0.5) is 0 Å². The maximum Gasteiger partial charge on any atom is 0.335 e. The predicted molar refractivity (Wildman–Crippen MR) is 103 cm³/mol. The lowest BCUT2D eigenvalue weighted by molar-refractivity contribution is 0.0697. The largest absolute Gasteiger partial charge is 0.478 e. The van der Waals surface area contributed by atoms with Gasteiger partial charge in [-0.3, -0.25) is 0 Å². The number of carbonyl (C=O) groups is 1. The fraction of sp³-hybridized carbons (Fsp3) is 0.250. The van der Waals surface area contributed by atoms with Crippen molar-refractivity contribution in [3.63, 3.8) is 0 Å². The van der Waals surface area contributed by atoms with E-state index in [2.05, 4.69) is 16.5 Å². The number of aromatic carboxylic acids is 1. The molecule has 0 saturated carbocycles. The van der Waals surface area contributed by atoms with Crippen LogP contribution in [0.5, 0.6) is 0 Å². The molecule has 0 bridgehead atoms. The highest BCUT2D eigenvalue weighted by Crippen LogP contribution is 2.31. The fourth-order valence-electron chi connectivity index (χ4n) is 2.82. The number of carboxylic acid groups (broad SMARTS) is 1. The first kappa shape index (κ1) is 18.1. The summed E-state index contributed by atoms with van der Waals surface area (Å²) in [6, 6.07) is 15.4. The lowest BCUT2D eigenvalue weighted by Gasteiger charge is -2.30. The van der Waals surface area contributed by atoms with E-state index in [0.717, 1.165) is 34.9 Å². The number of carboxylic acids is 1. The van der Waals surface area contributed by atoms with Gasteiger partial charge in [0.2, 0.25) is 0 Å². The number of hydrogen-bond donors (Lipinski definition) is 1. The molecule has 1 aliphatic carbocycles. The smallest absolute Gasteiger partial charge is 0.335 e. The van der Waals surface area contributed by atoms with E-state index >= 15 is 0 Å². The summed E-state index contributed by atoms with van der Waals surface area (Å²) in [7, 11) is 0. The molecule has 1 unspecified atom stereocenters. The van der Waals surface area contributed by atoms with Crippen LogP contribution in [0, 0.1) is 0 Å². The molecule has 1 aliphatic rings. The van der Waals surface area contributed by atoms with E-state index in [4.69, 9.17) is 16.7 Å². The molecule has 1 N–H and O–H groups in total. The zero-order valence-corrected chi connectivity index (χ0v) is 15.3. The highest BCUT2D eigenvalue weighted by molar-refractivity contribution is 7.97. The molecule has 0 heterocycles. The summed E-state index contributed by atoms with van der Waals surface area (Å²) in [5.74, 6) is -0.894. The van der Waals surface area contributed by atoms with Gasteiger partial charge < -0.3 is 5.11 Å². The summed E-state index contributed by atoms with van der Waals surface area (Å²) in [5.41, 5.74) is 1.42. The summed E-state index contributed by atoms with van der Waals surface area (Å²) in [6.45, 7) is 0.752. The SMILES string of the molecule is O=C(O)c1ccc(CN(Sc2ccc(Cl)cc2)C2C=CCCC2)cc1. The first-order chi connectivity index (χ1) is 12.1. The molecule has 5 heteroatoms. The Kier molecular flexibility index (Phi) is 6.19. The summed E-state index contributed by atoms with van der Waals surface area (Å²) in [5, 5.41) is 9.78. The van der Waals surface area contributed by atoms with Gasteiger partial charge in [0.15, 0.2) is 0 Å². The lowest BCUT2D eigenvalue weighted by atomic mass is 10.0. The first-order valence-corrected chi connectivity index (χ1v) is 9.46. The van der Waals surface area contributed by atoms with Crippen molar-refractivity contribution in [1.82, 2.24) is 4.31 Å². The lowest BCUT2D eigenvalue weighted by Crippen LogP contribution is -2.28. The molecule has 0 amide bonds. The Morgan fingerprint density at radius 1 is 1.16 bits per heavy atom. The minimum atomic E-state index is -0.894. The molecule has 2 aromatic carbocycles. The maximum atomic E-state index is 11.0. The Bertz CT molecular complexity index is 743. The van der Waals surface area contributed by atoms with Gasteiger partial charge in [-0.05, 0) is 73.2 Å². The number of halogens is 1. The van der Waals surface area contributed by atoms with E-state index in [1.807, 2.05) is 36.4 Å². The van der Waals surface area contributed by atoms with Crippen LogP contribution < -0.4 is 0 Å². The molecule has 3 rings (SSSR count). The minimum Gasteiger partial charge on any atom is -0.478 e. The summed E-state index contributed by atoms with van der Waals surface area (Å²) < 4.78 is 2.36. The highest BCUT2D eigenvalue weighted by atomic mass is 35.5. The second-order valence-electron chi connectivity index (χ2n) is 6.05. The monoisotopic (exact) mass is 373 g/mol. The average Bonchev–Trinajstić information content (AvgIpc) is 2.64. The molecule has 1 atom stereocenters. The van der Waals surface area contributed by atoms with Crippen molar-refractivity contribution >= 4 is 29.5 Å². The summed E-state index contributed by atoms with van der Waals surface area (Å²) >= 11 is 7.70. The molecular weight excluding hydrogens is 354 g/mol. The van der Waals surface area contributed by atoms with Gasteiger partial charge in [0.1, 0.15) is 0 Å². The van der Waals surface area contributed by atoms with E-state index in [-0.39, 0.29) is 0 Å². The van der Waals surface area contributed by atoms with Crippen molar-refractivity contribution < 1.29 is 9.90 Å². The average molecular weight is 374 g/mol. The number of benzene rings is 2. The Morgan fingerprint density at radius 2 is 1.88 bits per heavy atom. The second kappa shape index (κ2) is 8.56. The number of rotatable bonds is 6. The van der Waals surface area contributed by atoms with E-state index in [1.165, 1.54) is 6.42 Å². The number of nitrogens with zero attached hydrogens (tertiary/aromatic N) is 1. The summed E-state index contributed by atoms with van der Waals surface area (Å²) in [4.78, 5) is 12.2. The highest BCUT2D eigenvalue weighted by Gasteiger charge is 2.19. The molecular formula is C20H20ClNO2S. The van der Waals surface area contributed by atoms with Crippen LogP contribution in [0.1, 0.15) is 35.2 Å². The zero-order chi connectivity index (χ0) is 17.6. The van der Waals surface area contributed by atoms with E-state index in [1.54, 1.807) is 24.1 Å². The normalized spacial score (nSPS) is 17.0. The van der Waals surface area contributed by atoms with Gasteiger partial charge >= 0.3 is 5.97 Å². The van der Waals surface area contributed by atoms with Crippen molar-refractivity contribution in [2.45, 2.75) is 36.7 Å². The third-order valence-corrected chi connectivity index (χ3v) is 5.54. The molecule has 2 aromatic rings. The molecule has 130 valence electrons. The van der Waals surface area contributed by atoms with E-state index in [0.29, 0.717) is 11.6 Å². The minimum absolute atomic E-state index is 0.318. The Morgan fingerprint density at radius 3 is 2.48 bits per heavy atom. The van der Waals surface area contributed by atoms with E-state index < -0.39 is 5.97 Å². The molecule has 0 saturated heterocycles. The second-order valence-corrected chi connectivity index (χ2v) is 7.61. The fourth-order valence-corrected chi connectivity index (χ4v) is 3.99. The Balaban J connectivity index is 1.77. The zero-order valence-electron chi connectivity index (χ0n) is 13.8. The van der Waals surface area contributed by atoms with Gasteiger partial charge in [-0.2, -0.15) is 0 Å². The van der Waals surface area contributed by atoms with Crippen LogP contribution in [0.15, 0.2) is 65.6 Å². The van der Waals surface area contributed by atoms with Gasteiger partial charge in [-0.1, -0.05) is 35.9 Å². The molecule has 3 nitrogen and oxygen atoms in total. The van der Waals surface area contributed by atoms with Crippen LogP contribution in [0.3, 0.4) is 0 Å². The van der Waals surface area contributed by atoms with Crippen molar-refractivity contribution in [3.8, 4) is 0 Å². The third-order valence-electron chi connectivity index (χ3n) is 4.17. The van der Waals surface area contributed by atoms with Crippen molar-refractivity contribution in [2.24, 2.45) is 0 Å². The van der Waals surface area contributed by atoms with Crippen molar-refractivity contribution in [2.75, 3.05) is 0 Å². The van der Waals surface area contributed by atoms with Crippen LogP contribution >= 0.6 is 23.5 Å². The molecule has 0 aromatic heterocycles. The molecule has 0 spiro atoms. The number of hydrogen-bond acceptors (Lipinski definition) is 3. The van der Waals surface area contributed by atoms with Gasteiger partial charge in [0.05, 0.1) is 5.56 Å². The van der Waals surface area contributed by atoms with Gasteiger partial charge in [0.25, 0.3) is 0 Å². The van der Waals surface area contributed by atoms with Crippen LogP contribution in [-0.4, -0.2) is 21.4 Å². The number of allylic oxidation sites excluding steroid dienone is 1. The predicted octanol–water partition coefficient (Wildman–Crippen LogP) is 5.66. The van der Waals surface area contributed by atoms with Crippen molar-refractivity contribution in [3.05, 3.63) is 76.8 Å². The van der Waals surface area contributed by atoms with E-state index in [9.17, 15) is 4.79 Å². The third kappa shape index (κ3) is 5.11. The van der Waals surface area contributed by atoms with Crippen LogP contribution in [-0.2, 0) is 6.54 Å². The molecule has 0 aliphatic heterocycles.